The lowest BCUT2D eigenvalue weighted by atomic mass is 10.0. The van der Waals surface area contributed by atoms with Gasteiger partial charge in [-0.2, -0.15) is 5.26 Å². The first kappa shape index (κ1) is 30.3. The molecule has 12 nitrogen and oxygen atoms in total. The van der Waals surface area contributed by atoms with Gasteiger partial charge in [0.05, 0.1) is 47.7 Å². The second-order valence-electron chi connectivity index (χ2n) is 12.2. The average Bonchev–Trinajstić information content (AvgIpc) is 3.65. The van der Waals surface area contributed by atoms with Crippen LogP contribution in [0.2, 0.25) is 0 Å². The number of hydrogen-bond acceptors (Lipinski definition) is 8. The molecule has 0 spiro atoms. The lowest BCUT2D eigenvalue weighted by Crippen LogP contribution is -2.40. The van der Waals surface area contributed by atoms with Crippen LogP contribution in [-0.2, 0) is 9.47 Å². The Morgan fingerprint density at radius 3 is 2.65 bits per heavy atom. The van der Waals surface area contributed by atoms with Gasteiger partial charge in [-0.25, -0.2) is 24.1 Å². The van der Waals surface area contributed by atoms with E-state index in [1.165, 1.54) is 17.9 Å². The summed E-state index contributed by atoms with van der Waals surface area (Å²) in [6.45, 7) is 6.50. The van der Waals surface area contributed by atoms with E-state index in [9.17, 15) is 19.6 Å². The molecule has 2 amide bonds. The van der Waals surface area contributed by atoms with Gasteiger partial charge in [-0.05, 0) is 75.6 Å². The molecule has 12 heteroatoms. The second-order valence-corrected chi connectivity index (χ2v) is 12.2. The zero-order valence-corrected chi connectivity index (χ0v) is 26.0. The maximum Gasteiger partial charge on any atom is 0.420 e. The lowest BCUT2D eigenvalue weighted by molar-refractivity contribution is 0.0543. The minimum Gasteiger partial charge on any atom is -0.453 e. The van der Waals surface area contributed by atoms with Crippen LogP contribution in [0.1, 0.15) is 55.6 Å². The number of aromatic nitrogens is 4. The Morgan fingerprint density at radius 1 is 1.07 bits per heavy atom. The number of imidazole rings is 1. The third kappa shape index (κ3) is 5.99. The van der Waals surface area contributed by atoms with Gasteiger partial charge in [-0.15, -0.1) is 0 Å². The van der Waals surface area contributed by atoms with Gasteiger partial charge in [0.25, 0.3) is 5.91 Å². The van der Waals surface area contributed by atoms with Crippen LogP contribution in [0.15, 0.2) is 67.3 Å². The largest absolute Gasteiger partial charge is 0.453 e. The van der Waals surface area contributed by atoms with E-state index < -0.39 is 17.6 Å². The molecule has 1 N–H and O–H groups in total. The first-order valence-electron chi connectivity index (χ1n) is 14.9. The molecule has 46 heavy (non-hydrogen) atoms. The highest BCUT2D eigenvalue weighted by molar-refractivity contribution is 6.08. The summed E-state index contributed by atoms with van der Waals surface area (Å²) in [5.74, 6) is -0.415. The number of carbonyl (C=O) groups excluding carboxylic acids is 3. The van der Waals surface area contributed by atoms with Gasteiger partial charge in [0, 0.05) is 42.1 Å². The summed E-state index contributed by atoms with van der Waals surface area (Å²) in [5, 5.41) is 12.6. The van der Waals surface area contributed by atoms with Crippen molar-refractivity contribution in [1.82, 2.24) is 24.0 Å². The SMILES string of the molecule is COC(=O)N1CCCC(n2cnc3ccc(-c4cn(C(=O)OC(C)(C)C)c5ncc(C(=O)Nc6cccc(C#N)c6)cc45)cc32)C1. The van der Waals surface area contributed by atoms with E-state index in [0.29, 0.717) is 40.9 Å². The van der Waals surface area contributed by atoms with E-state index in [1.807, 2.05) is 18.2 Å². The summed E-state index contributed by atoms with van der Waals surface area (Å²) in [5.41, 5.74) is 3.87. The van der Waals surface area contributed by atoms with Crippen molar-refractivity contribution < 1.29 is 23.9 Å². The highest BCUT2D eigenvalue weighted by Crippen LogP contribution is 2.34. The number of carbonyl (C=O) groups is 3. The number of ether oxygens (including phenoxy) is 2. The third-order valence-electron chi connectivity index (χ3n) is 7.85. The van der Waals surface area contributed by atoms with E-state index in [4.69, 9.17) is 9.47 Å². The fraction of sp³-hybridized carbons (Fsp3) is 0.294. The number of piperidine rings is 1. The zero-order valence-electron chi connectivity index (χ0n) is 26.0. The molecule has 3 aromatic heterocycles. The molecule has 5 aromatic rings. The Balaban J connectivity index is 1.42. The number of pyridine rings is 1. The van der Waals surface area contributed by atoms with E-state index in [0.717, 1.165) is 29.4 Å². The van der Waals surface area contributed by atoms with Gasteiger partial charge >= 0.3 is 12.2 Å². The van der Waals surface area contributed by atoms with Crippen LogP contribution in [0, 0.1) is 11.3 Å². The van der Waals surface area contributed by atoms with Gasteiger partial charge < -0.3 is 24.3 Å². The number of nitrogens with zero attached hydrogens (tertiary/aromatic N) is 6. The third-order valence-corrected chi connectivity index (χ3v) is 7.85. The summed E-state index contributed by atoms with van der Waals surface area (Å²) in [7, 11) is 1.38. The van der Waals surface area contributed by atoms with Gasteiger partial charge in [0.15, 0.2) is 0 Å². The fourth-order valence-corrected chi connectivity index (χ4v) is 5.74. The van der Waals surface area contributed by atoms with Gasteiger partial charge in [-0.3, -0.25) is 4.79 Å². The van der Waals surface area contributed by atoms with Crippen LogP contribution in [0.4, 0.5) is 15.3 Å². The highest BCUT2D eigenvalue weighted by Gasteiger charge is 2.27. The number of hydrogen-bond donors (Lipinski definition) is 1. The minimum absolute atomic E-state index is 0.00714. The molecule has 4 heterocycles. The van der Waals surface area contributed by atoms with Crippen LogP contribution >= 0.6 is 0 Å². The molecule has 1 atom stereocenters. The smallest absolute Gasteiger partial charge is 0.420 e. The standard InChI is InChI=1S/C34H33N7O5/c1-34(2,3)46-33(44)40-19-27(26-14-23(17-36-30(26)40)31(42)38-24-8-5-7-21(13-24)16-35)22-10-11-28-29(15-22)41(20-37-28)25-9-6-12-39(18-25)32(43)45-4/h5,7-8,10-11,13-15,17,19-20,25H,6,9,12,18H2,1-4H3,(H,38,42). The molecule has 6 rings (SSSR count). The molecule has 2 aromatic carbocycles. The maximum atomic E-state index is 13.3. The minimum atomic E-state index is -0.741. The Labute approximate surface area is 265 Å². The summed E-state index contributed by atoms with van der Waals surface area (Å²) in [4.78, 5) is 49.7. The summed E-state index contributed by atoms with van der Waals surface area (Å²) in [6, 6.07) is 16.2. The Bertz CT molecular complexity index is 2030. The fourth-order valence-electron chi connectivity index (χ4n) is 5.74. The number of fused-ring (bicyclic) bond motifs is 2. The quantitative estimate of drug-likeness (QED) is 0.245. The van der Waals surface area contributed by atoms with Crippen LogP contribution in [0.5, 0.6) is 0 Å². The summed E-state index contributed by atoms with van der Waals surface area (Å²) >= 11 is 0. The van der Waals surface area contributed by atoms with Crippen molar-refractivity contribution in [3.05, 3.63) is 78.4 Å². The van der Waals surface area contributed by atoms with Crippen molar-refractivity contribution in [2.24, 2.45) is 0 Å². The Morgan fingerprint density at radius 2 is 1.89 bits per heavy atom. The number of rotatable bonds is 4. The van der Waals surface area contributed by atoms with Crippen LogP contribution in [-0.4, -0.2) is 67.9 Å². The monoisotopic (exact) mass is 619 g/mol. The molecular formula is C34H33N7O5. The predicted octanol–water partition coefficient (Wildman–Crippen LogP) is 6.36. The summed E-state index contributed by atoms with van der Waals surface area (Å²) in [6.07, 6.45) is 5.62. The first-order chi connectivity index (χ1) is 22.0. The Kier molecular flexibility index (Phi) is 7.92. The molecule has 0 radical (unpaired) electrons. The van der Waals surface area contributed by atoms with Crippen molar-refractivity contribution >= 4 is 45.8 Å². The second kappa shape index (κ2) is 12.0. The molecule has 0 aliphatic carbocycles. The number of likely N-dealkylation sites (tertiary alicyclic amines) is 1. The van der Waals surface area contributed by atoms with Crippen molar-refractivity contribution in [1.29, 1.82) is 5.26 Å². The van der Waals surface area contributed by atoms with Gasteiger partial charge in [0.2, 0.25) is 0 Å². The lowest BCUT2D eigenvalue weighted by Gasteiger charge is -2.32. The molecule has 234 valence electrons. The number of amides is 2. The average molecular weight is 620 g/mol. The van der Waals surface area contributed by atoms with Crippen LogP contribution < -0.4 is 5.32 Å². The Hall–Kier alpha value is -5.70. The molecule has 1 fully saturated rings. The summed E-state index contributed by atoms with van der Waals surface area (Å²) < 4.78 is 14.1. The van der Waals surface area contributed by atoms with Crippen molar-refractivity contribution in [2.45, 2.75) is 45.3 Å². The van der Waals surface area contributed by atoms with Crippen LogP contribution in [0.25, 0.3) is 33.2 Å². The number of benzene rings is 2. The number of methoxy groups -OCH3 is 1. The highest BCUT2D eigenvalue weighted by atomic mass is 16.6. The van der Waals surface area contributed by atoms with Crippen molar-refractivity contribution in [3.63, 3.8) is 0 Å². The van der Waals surface area contributed by atoms with E-state index >= 15 is 0 Å². The van der Waals surface area contributed by atoms with E-state index in [-0.39, 0.29) is 17.7 Å². The van der Waals surface area contributed by atoms with E-state index in [1.54, 1.807) is 68.5 Å². The molecule has 1 saturated heterocycles. The number of anilines is 1. The van der Waals surface area contributed by atoms with E-state index in [2.05, 4.69) is 25.9 Å². The maximum absolute atomic E-state index is 13.3. The molecule has 1 unspecified atom stereocenters. The molecule has 1 aliphatic heterocycles. The number of nitrogens with one attached hydrogen (secondary N) is 1. The van der Waals surface area contributed by atoms with Crippen molar-refractivity contribution in [2.75, 3.05) is 25.5 Å². The molecule has 1 aliphatic rings. The number of nitriles is 1. The van der Waals surface area contributed by atoms with Crippen molar-refractivity contribution in [3.8, 4) is 17.2 Å². The van der Waals surface area contributed by atoms with Crippen LogP contribution in [0.3, 0.4) is 0 Å². The molecule has 0 bridgehead atoms. The normalized spacial score (nSPS) is 15.0. The molecular weight excluding hydrogens is 586 g/mol. The molecule has 0 saturated carbocycles. The first-order valence-corrected chi connectivity index (χ1v) is 14.9. The van der Waals surface area contributed by atoms with Gasteiger partial charge in [-0.1, -0.05) is 12.1 Å². The topological polar surface area (TPSA) is 144 Å². The predicted molar refractivity (Wildman–Crippen MR) is 171 cm³/mol. The zero-order chi connectivity index (χ0) is 32.6. The van der Waals surface area contributed by atoms with Gasteiger partial charge in [0.1, 0.15) is 11.2 Å².